The number of hydrogen-bond donors (Lipinski definition) is 2. The molecule has 0 amide bonds. The maximum Gasteiger partial charge on any atom is 0.472 e. The van der Waals surface area contributed by atoms with Gasteiger partial charge in [0, 0.05) is 19.4 Å². The van der Waals surface area contributed by atoms with Crippen LogP contribution < -0.4 is 5.73 Å². The second-order valence-corrected chi connectivity index (χ2v) is 24.8. The topological polar surface area (TPSA) is 134 Å². The van der Waals surface area contributed by atoms with Crippen molar-refractivity contribution >= 4 is 19.8 Å². The second-order valence-electron chi connectivity index (χ2n) is 23.4. The molecule has 0 aromatic carbocycles. The van der Waals surface area contributed by atoms with Gasteiger partial charge in [-0.05, 0) is 77.0 Å². The fraction of sp³-hybridized carbons (Fsp3) is 0.857. The van der Waals surface area contributed by atoms with E-state index in [2.05, 4.69) is 62.5 Å². The standard InChI is InChI=1S/C70H132NO8P/c1-3-5-7-9-11-13-15-17-19-21-23-24-25-26-27-28-29-30-31-32-33-34-35-36-37-38-39-40-41-42-43-44-45-47-49-51-53-55-57-59-61-63-70(73)79-68(67-78-80(74,75)77-65-64-71)66-76-69(72)62-60-58-56-54-52-50-48-46-22-20-18-16-14-12-10-8-6-4-2/h14-17,20-23,68H,3-13,18-19,24-67,71H2,1-2H3,(H,74,75)/b16-14-,17-15-,22-20-,23-21-. The normalized spacial score (nSPS) is 13.2. The first-order valence-electron chi connectivity index (χ1n) is 34.6. The van der Waals surface area contributed by atoms with E-state index in [9.17, 15) is 19.0 Å². The van der Waals surface area contributed by atoms with Crippen LogP contribution in [0.25, 0.3) is 0 Å². The maximum atomic E-state index is 12.7. The largest absolute Gasteiger partial charge is 0.472 e. The number of carbonyl (C=O) groups excluding carboxylic acids is 2. The molecule has 2 unspecified atom stereocenters. The number of hydrogen-bond acceptors (Lipinski definition) is 8. The summed E-state index contributed by atoms with van der Waals surface area (Å²) in [5.41, 5.74) is 5.39. The first-order valence-corrected chi connectivity index (χ1v) is 36.1. The van der Waals surface area contributed by atoms with Crippen molar-refractivity contribution in [2.24, 2.45) is 5.73 Å². The molecule has 0 fully saturated rings. The highest BCUT2D eigenvalue weighted by Crippen LogP contribution is 2.43. The zero-order valence-electron chi connectivity index (χ0n) is 52.8. The Balaban J connectivity index is 3.74. The van der Waals surface area contributed by atoms with Crippen LogP contribution in [0.4, 0.5) is 0 Å². The smallest absolute Gasteiger partial charge is 0.462 e. The van der Waals surface area contributed by atoms with Crippen molar-refractivity contribution in [2.45, 2.75) is 360 Å². The molecule has 10 heteroatoms. The summed E-state index contributed by atoms with van der Waals surface area (Å²) in [5, 5.41) is 0. The molecule has 0 saturated carbocycles. The highest BCUT2D eigenvalue weighted by molar-refractivity contribution is 7.47. The fourth-order valence-corrected chi connectivity index (χ4v) is 11.1. The molecule has 0 heterocycles. The lowest BCUT2D eigenvalue weighted by atomic mass is 10.0. The molecule has 0 aromatic rings. The number of phosphoric acid groups is 1. The number of esters is 2. The van der Waals surface area contributed by atoms with Gasteiger partial charge < -0.3 is 20.1 Å². The quantitative estimate of drug-likeness (QED) is 0.0264. The molecule has 0 aliphatic heterocycles. The first-order chi connectivity index (χ1) is 39.3. The summed E-state index contributed by atoms with van der Waals surface area (Å²) < 4.78 is 33.1. The Labute approximate surface area is 496 Å². The average Bonchev–Trinajstić information content (AvgIpc) is 3.45. The Bertz CT molecular complexity index is 1450. The van der Waals surface area contributed by atoms with Gasteiger partial charge in [0.2, 0.25) is 0 Å². The van der Waals surface area contributed by atoms with E-state index in [1.165, 1.54) is 263 Å². The maximum absolute atomic E-state index is 12.7. The summed E-state index contributed by atoms with van der Waals surface area (Å²) in [4.78, 5) is 35.2. The number of phosphoric ester groups is 1. The van der Waals surface area contributed by atoms with Crippen LogP contribution in [0, 0.1) is 0 Å². The molecule has 0 bridgehead atoms. The Kier molecular flexibility index (Phi) is 64.4. The fourth-order valence-electron chi connectivity index (χ4n) is 10.3. The summed E-state index contributed by atoms with van der Waals surface area (Å²) in [5.74, 6) is -0.821. The Morgan fingerprint density at radius 2 is 0.650 bits per heavy atom. The predicted octanol–water partition coefficient (Wildman–Crippen LogP) is 22.5. The van der Waals surface area contributed by atoms with Gasteiger partial charge in [0.15, 0.2) is 6.10 Å². The van der Waals surface area contributed by atoms with E-state index in [0.717, 1.165) is 57.8 Å². The number of rotatable bonds is 66. The monoisotopic (exact) mass is 1150 g/mol. The SMILES string of the molecule is CCCCCC/C=C\C/C=C\CCCCCCCCCC(=O)OCC(COP(=O)(O)OCCN)OC(=O)CCCCCCCCCCCCCCCCCCCCCCCCCCCCCCC/C=C\C/C=C\CCCCCCC. The molecule has 0 saturated heterocycles. The van der Waals surface area contributed by atoms with Crippen LogP contribution in [0.5, 0.6) is 0 Å². The van der Waals surface area contributed by atoms with E-state index in [4.69, 9.17) is 24.3 Å². The van der Waals surface area contributed by atoms with Crippen molar-refractivity contribution in [3.05, 3.63) is 48.6 Å². The van der Waals surface area contributed by atoms with Crippen LogP contribution in [0.2, 0.25) is 0 Å². The minimum absolute atomic E-state index is 0.0534. The molecule has 9 nitrogen and oxygen atoms in total. The van der Waals surface area contributed by atoms with Crippen molar-refractivity contribution < 1.29 is 37.6 Å². The highest BCUT2D eigenvalue weighted by atomic mass is 31.2. The third-order valence-electron chi connectivity index (χ3n) is 15.4. The van der Waals surface area contributed by atoms with Gasteiger partial charge in [-0.15, -0.1) is 0 Å². The van der Waals surface area contributed by atoms with E-state index in [1.54, 1.807) is 0 Å². The van der Waals surface area contributed by atoms with Crippen LogP contribution in [0.3, 0.4) is 0 Å². The zero-order valence-corrected chi connectivity index (χ0v) is 53.7. The Morgan fingerprint density at radius 3 is 0.963 bits per heavy atom. The number of unbranched alkanes of at least 4 members (excludes halogenated alkanes) is 45. The average molecular weight is 1150 g/mol. The molecular formula is C70H132NO8P. The van der Waals surface area contributed by atoms with Crippen molar-refractivity contribution in [2.75, 3.05) is 26.4 Å². The molecule has 0 spiro atoms. The number of ether oxygens (including phenoxy) is 2. The van der Waals surface area contributed by atoms with Gasteiger partial charge in [-0.1, -0.05) is 313 Å². The first kappa shape index (κ1) is 78.0. The lowest BCUT2D eigenvalue weighted by Gasteiger charge is -2.19. The molecular weight excluding hydrogens is 1010 g/mol. The van der Waals surface area contributed by atoms with Crippen LogP contribution in [0.1, 0.15) is 354 Å². The molecule has 0 rings (SSSR count). The van der Waals surface area contributed by atoms with Crippen LogP contribution >= 0.6 is 7.82 Å². The van der Waals surface area contributed by atoms with Crippen molar-refractivity contribution in [1.82, 2.24) is 0 Å². The van der Waals surface area contributed by atoms with Crippen LogP contribution in [-0.4, -0.2) is 49.3 Å². The highest BCUT2D eigenvalue weighted by Gasteiger charge is 2.26. The number of carbonyl (C=O) groups is 2. The van der Waals surface area contributed by atoms with Gasteiger partial charge in [0.05, 0.1) is 13.2 Å². The number of nitrogens with two attached hydrogens (primary N) is 1. The van der Waals surface area contributed by atoms with Crippen molar-refractivity contribution in [3.63, 3.8) is 0 Å². The van der Waals surface area contributed by atoms with Gasteiger partial charge in [0.1, 0.15) is 6.61 Å². The van der Waals surface area contributed by atoms with Gasteiger partial charge in [0.25, 0.3) is 0 Å². The van der Waals surface area contributed by atoms with E-state index < -0.39 is 26.5 Å². The minimum atomic E-state index is -4.39. The Morgan fingerprint density at radius 1 is 0.375 bits per heavy atom. The molecule has 80 heavy (non-hydrogen) atoms. The second kappa shape index (κ2) is 66.1. The van der Waals surface area contributed by atoms with Crippen LogP contribution in [0.15, 0.2) is 48.6 Å². The van der Waals surface area contributed by atoms with E-state index in [0.29, 0.717) is 6.42 Å². The Hall–Kier alpha value is -2.03. The summed E-state index contributed by atoms with van der Waals surface area (Å²) in [6.07, 6.45) is 83.7. The van der Waals surface area contributed by atoms with Crippen molar-refractivity contribution in [1.29, 1.82) is 0 Å². The molecule has 470 valence electrons. The summed E-state index contributed by atoms with van der Waals surface area (Å²) in [7, 11) is -4.39. The molecule has 0 aliphatic rings. The van der Waals surface area contributed by atoms with Gasteiger partial charge in [-0.2, -0.15) is 0 Å². The summed E-state index contributed by atoms with van der Waals surface area (Å²) >= 11 is 0. The predicted molar refractivity (Wildman–Crippen MR) is 344 cm³/mol. The molecule has 0 aromatic heterocycles. The van der Waals surface area contributed by atoms with E-state index in [-0.39, 0.29) is 38.6 Å². The number of allylic oxidation sites excluding steroid dienone is 8. The lowest BCUT2D eigenvalue weighted by molar-refractivity contribution is -0.161. The molecule has 2 atom stereocenters. The lowest BCUT2D eigenvalue weighted by Crippen LogP contribution is -2.29. The van der Waals surface area contributed by atoms with Gasteiger partial charge >= 0.3 is 19.8 Å². The van der Waals surface area contributed by atoms with Gasteiger partial charge in [-0.25, -0.2) is 4.57 Å². The third kappa shape index (κ3) is 65.1. The summed E-state index contributed by atoms with van der Waals surface area (Å²) in [6, 6.07) is 0. The van der Waals surface area contributed by atoms with E-state index >= 15 is 0 Å². The third-order valence-corrected chi connectivity index (χ3v) is 16.4. The van der Waals surface area contributed by atoms with E-state index in [1.807, 2.05) is 0 Å². The zero-order chi connectivity index (χ0) is 58.0. The molecule has 0 radical (unpaired) electrons. The molecule has 0 aliphatic carbocycles. The van der Waals surface area contributed by atoms with Crippen LogP contribution in [-0.2, 0) is 32.7 Å². The summed E-state index contributed by atoms with van der Waals surface area (Å²) in [6.45, 7) is 3.76. The van der Waals surface area contributed by atoms with Crippen molar-refractivity contribution in [3.8, 4) is 0 Å². The van der Waals surface area contributed by atoms with Gasteiger partial charge in [-0.3, -0.25) is 18.6 Å². The molecule has 3 N–H and O–H groups in total. The minimum Gasteiger partial charge on any atom is -0.462 e.